The highest BCUT2D eigenvalue weighted by molar-refractivity contribution is 5.95. The van der Waals surface area contributed by atoms with Crippen molar-refractivity contribution in [2.45, 2.75) is 78.0 Å². The van der Waals surface area contributed by atoms with E-state index in [1.807, 2.05) is 54.9 Å². The van der Waals surface area contributed by atoms with Gasteiger partial charge >= 0.3 is 6.09 Å². The summed E-state index contributed by atoms with van der Waals surface area (Å²) in [7, 11) is 0. The van der Waals surface area contributed by atoms with E-state index in [4.69, 9.17) is 20.3 Å². The number of hydrogen-bond donors (Lipinski definition) is 1. The number of fused-ring (bicyclic) bond motifs is 1. The van der Waals surface area contributed by atoms with Crippen molar-refractivity contribution in [1.29, 1.82) is 0 Å². The summed E-state index contributed by atoms with van der Waals surface area (Å²) >= 11 is 0. The van der Waals surface area contributed by atoms with E-state index in [1.54, 1.807) is 36.1 Å². The van der Waals surface area contributed by atoms with Crippen LogP contribution in [0.2, 0.25) is 0 Å². The molecular formula is C32H39N5O5. The zero-order valence-electron chi connectivity index (χ0n) is 24.9. The summed E-state index contributed by atoms with van der Waals surface area (Å²) in [6.45, 7) is 10.5. The SMILES string of the molecule is CC(=O)N1c2ccc(-c3cnn(C4CCN(C(=O)OC(C)(C)C)CC4)c3)c(Oc3ccc(C(N)=O)cc3)c2CCC1C. The molecule has 10 heteroatoms. The Kier molecular flexibility index (Phi) is 7.99. The van der Waals surface area contributed by atoms with Crippen LogP contribution in [0.25, 0.3) is 11.1 Å². The van der Waals surface area contributed by atoms with Gasteiger partial charge < -0.3 is 25.0 Å². The Labute approximate surface area is 246 Å². The summed E-state index contributed by atoms with van der Waals surface area (Å²) in [5.41, 5.74) is 8.85. The van der Waals surface area contributed by atoms with Crippen LogP contribution >= 0.6 is 0 Å². The maximum absolute atomic E-state index is 12.6. The van der Waals surface area contributed by atoms with Crippen LogP contribution in [0.3, 0.4) is 0 Å². The predicted molar refractivity (Wildman–Crippen MR) is 160 cm³/mol. The fourth-order valence-electron chi connectivity index (χ4n) is 5.75. The normalized spacial score (nSPS) is 17.5. The number of nitrogens with two attached hydrogens (primary N) is 1. The molecule has 2 N–H and O–H groups in total. The lowest BCUT2D eigenvalue weighted by atomic mass is 9.92. The highest BCUT2D eigenvalue weighted by Gasteiger charge is 2.31. The number of anilines is 1. The van der Waals surface area contributed by atoms with Gasteiger partial charge in [-0.1, -0.05) is 0 Å². The number of amides is 3. The lowest BCUT2D eigenvalue weighted by Crippen LogP contribution is -2.42. The molecule has 3 amide bonds. The second-order valence-electron chi connectivity index (χ2n) is 12.1. The number of hydrogen-bond acceptors (Lipinski definition) is 6. The Bertz CT molecular complexity index is 1480. The van der Waals surface area contributed by atoms with Crippen molar-refractivity contribution in [2.75, 3.05) is 18.0 Å². The minimum absolute atomic E-state index is 0.0153. The molecule has 3 heterocycles. The molecule has 1 fully saturated rings. The average Bonchev–Trinajstić information content (AvgIpc) is 3.42. The summed E-state index contributed by atoms with van der Waals surface area (Å²) in [6, 6.07) is 10.9. The number of primary amides is 1. The molecular weight excluding hydrogens is 534 g/mol. The molecule has 42 heavy (non-hydrogen) atoms. The quantitative estimate of drug-likeness (QED) is 0.418. The van der Waals surface area contributed by atoms with Crippen molar-refractivity contribution in [3.63, 3.8) is 0 Å². The fourth-order valence-corrected chi connectivity index (χ4v) is 5.75. The topological polar surface area (TPSA) is 120 Å². The smallest absolute Gasteiger partial charge is 0.410 e. The van der Waals surface area contributed by atoms with E-state index in [0.29, 0.717) is 30.2 Å². The van der Waals surface area contributed by atoms with Gasteiger partial charge in [0.2, 0.25) is 11.8 Å². The average molecular weight is 574 g/mol. The number of carbonyl (C=O) groups excluding carboxylic acids is 3. The molecule has 222 valence electrons. The van der Waals surface area contributed by atoms with E-state index in [9.17, 15) is 14.4 Å². The molecule has 1 aromatic heterocycles. The lowest BCUT2D eigenvalue weighted by Gasteiger charge is -2.36. The third-order valence-electron chi connectivity index (χ3n) is 7.85. The summed E-state index contributed by atoms with van der Waals surface area (Å²) in [6.07, 6.45) is 6.67. The summed E-state index contributed by atoms with van der Waals surface area (Å²) in [4.78, 5) is 40.3. The maximum atomic E-state index is 12.6. The number of ether oxygens (including phenoxy) is 2. The molecule has 0 saturated carbocycles. The Hall–Kier alpha value is -4.34. The zero-order valence-corrected chi connectivity index (χ0v) is 24.9. The van der Waals surface area contributed by atoms with Crippen LogP contribution in [0.5, 0.6) is 11.5 Å². The van der Waals surface area contributed by atoms with E-state index >= 15 is 0 Å². The van der Waals surface area contributed by atoms with Gasteiger partial charge in [0, 0.05) is 54.5 Å². The fraction of sp³-hybridized carbons (Fsp3) is 0.438. The van der Waals surface area contributed by atoms with Crippen LogP contribution in [0.4, 0.5) is 10.5 Å². The van der Waals surface area contributed by atoms with Gasteiger partial charge in [0.25, 0.3) is 0 Å². The third-order valence-corrected chi connectivity index (χ3v) is 7.85. The molecule has 1 unspecified atom stereocenters. The molecule has 0 radical (unpaired) electrons. The van der Waals surface area contributed by atoms with E-state index < -0.39 is 11.5 Å². The van der Waals surface area contributed by atoms with Gasteiger partial charge in [0.15, 0.2) is 0 Å². The largest absolute Gasteiger partial charge is 0.456 e. The van der Waals surface area contributed by atoms with Crippen molar-refractivity contribution < 1.29 is 23.9 Å². The van der Waals surface area contributed by atoms with Gasteiger partial charge in [-0.2, -0.15) is 5.10 Å². The van der Waals surface area contributed by atoms with Crippen LogP contribution in [-0.2, 0) is 16.0 Å². The zero-order chi connectivity index (χ0) is 30.2. The van der Waals surface area contributed by atoms with Gasteiger partial charge in [-0.05, 0) is 89.8 Å². The first-order valence-electron chi connectivity index (χ1n) is 14.5. The van der Waals surface area contributed by atoms with Crippen LogP contribution < -0.4 is 15.4 Å². The summed E-state index contributed by atoms with van der Waals surface area (Å²) in [5.74, 6) is 0.703. The first-order chi connectivity index (χ1) is 19.9. The Morgan fingerprint density at radius 3 is 2.31 bits per heavy atom. The van der Waals surface area contributed by atoms with E-state index in [0.717, 1.165) is 48.1 Å². The molecule has 1 atom stereocenters. The number of carbonyl (C=O) groups is 3. The molecule has 0 spiro atoms. The highest BCUT2D eigenvalue weighted by Crippen LogP contribution is 2.45. The van der Waals surface area contributed by atoms with Gasteiger partial charge in [0.1, 0.15) is 17.1 Å². The van der Waals surface area contributed by atoms with Gasteiger partial charge in [0.05, 0.1) is 17.9 Å². The van der Waals surface area contributed by atoms with Crippen molar-refractivity contribution in [2.24, 2.45) is 5.73 Å². The molecule has 5 rings (SSSR count). The summed E-state index contributed by atoms with van der Waals surface area (Å²) in [5, 5.41) is 4.70. The maximum Gasteiger partial charge on any atom is 0.410 e. The Balaban J connectivity index is 1.44. The minimum atomic E-state index is -0.525. The Morgan fingerprint density at radius 1 is 1.00 bits per heavy atom. The first kappa shape index (κ1) is 29.2. The molecule has 10 nitrogen and oxygen atoms in total. The number of rotatable bonds is 5. The van der Waals surface area contributed by atoms with Crippen LogP contribution in [0.15, 0.2) is 48.8 Å². The number of benzene rings is 2. The van der Waals surface area contributed by atoms with Gasteiger partial charge in [-0.25, -0.2) is 4.79 Å². The van der Waals surface area contributed by atoms with Crippen LogP contribution in [-0.4, -0.2) is 57.3 Å². The molecule has 3 aromatic rings. The predicted octanol–water partition coefficient (Wildman–Crippen LogP) is 5.70. The van der Waals surface area contributed by atoms with Crippen LogP contribution in [0.1, 0.15) is 75.8 Å². The number of aromatic nitrogens is 2. The second kappa shape index (κ2) is 11.5. The first-order valence-corrected chi connectivity index (χ1v) is 14.5. The summed E-state index contributed by atoms with van der Waals surface area (Å²) < 4.78 is 14.0. The van der Waals surface area contributed by atoms with E-state index in [2.05, 4.69) is 6.92 Å². The van der Waals surface area contributed by atoms with Crippen molar-refractivity contribution in [1.82, 2.24) is 14.7 Å². The van der Waals surface area contributed by atoms with Gasteiger partial charge in [-0.3, -0.25) is 14.3 Å². The molecule has 2 aliphatic rings. The molecule has 0 bridgehead atoms. The Morgan fingerprint density at radius 2 is 1.69 bits per heavy atom. The lowest BCUT2D eigenvalue weighted by molar-refractivity contribution is -0.117. The van der Waals surface area contributed by atoms with Crippen molar-refractivity contribution >= 4 is 23.6 Å². The molecule has 2 aliphatic heterocycles. The van der Waals surface area contributed by atoms with Crippen molar-refractivity contribution in [3.05, 3.63) is 59.9 Å². The molecule has 2 aromatic carbocycles. The van der Waals surface area contributed by atoms with Gasteiger partial charge in [-0.15, -0.1) is 0 Å². The monoisotopic (exact) mass is 573 g/mol. The highest BCUT2D eigenvalue weighted by atomic mass is 16.6. The standard InChI is InChI=1S/C32H39N5O5/c1-20-6-11-27-28(37(20)21(2)38)13-12-26(29(27)41-25-9-7-22(8-10-25)30(33)39)23-18-34-36(19-23)24-14-16-35(17-15-24)31(40)42-32(3,4)5/h7-10,12-13,18-20,24H,6,11,14-17H2,1-5H3,(H2,33,39). The number of likely N-dealkylation sites (tertiary alicyclic amines) is 1. The molecule has 1 saturated heterocycles. The van der Waals surface area contributed by atoms with E-state index in [-0.39, 0.29) is 24.1 Å². The van der Waals surface area contributed by atoms with E-state index in [1.165, 1.54) is 0 Å². The third kappa shape index (κ3) is 6.12. The minimum Gasteiger partial charge on any atom is -0.456 e. The number of piperidine rings is 1. The van der Waals surface area contributed by atoms with Crippen LogP contribution in [0, 0.1) is 0 Å². The molecule has 0 aliphatic carbocycles. The number of nitrogens with zero attached hydrogens (tertiary/aromatic N) is 4. The van der Waals surface area contributed by atoms with Crippen molar-refractivity contribution in [3.8, 4) is 22.6 Å². The second-order valence-corrected chi connectivity index (χ2v) is 12.1.